The molecule has 98 valence electrons. The van der Waals surface area contributed by atoms with Crippen molar-refractivity contribution in [3.8, 4) is 0 Å². The fourth-order valence-corrected chi connectivity index (χ4v) is 2.41. The number of anilines is 1. The average Bonchev–Trinajstić information content (AvgIpc) is 2.27. The van der Waals surface area contributed by atoms with Crippen LogP contribution in [-0.2, 0) is 4.79 Å². The number of amides is 1. The molecular weight excluding hydrogens is 228 g/mol. The first-order chi connectivity index (χ1) is 8.54. The zero-order valence-electron chi connectivity index (χ0n) is 11.2. The van der Waals surface area contributed by atoms with Crippen LogP contribution in [0.25, 0.3) is 0 Å². The second-order valence-corrected chi connectivity index (χ2v) is 4.94. The van der Waals surface area contributed by atoms with E-state index in [0.717, 1.165) is 43.3 Å². The van der Waals surface area contributed by atoms with Gasteiger partial charge >= 0.3 is 0 Å². The van der Waals surface area contributed by atoms with Gasteiger partial charge in [0.25, 0.3) is 0 Å². The Bertz CT molecular complexity index is 426. The van der Waals surface area contributed by atoms with Gasteiger partial charge in [0.1, 0.15) is 0 Å². The summed E-state index contributed by atoms with van der Waals surface area (Å²) in [5.41, 5.74) is 1.97. The minimum absolute atomic E-state index is 0.0307. The molecule has 1 fully saturated rings. The van der Waals surface area contributed by atoms with E-state index in [1.807, 2.05) is 19.9 Å². The van der Waals surface area contributed by atoms with Gasteiger partial charge in [0, 0.05) is 37.4 Å². The highest BCUT2D eigenvalue weighted by atomic mass is 16.1. The van der Waals surface area contributed by atoms with Crippen LogP contribution in [0.2, 0.25) is 0 Å². The Morgan fingerprint density at radius 3 is 2.67 bits per heavy atom. The summed E-state index contributed by atoms with van der Waals surface area (Å²) in [4.78, 5) is 22.2. The van der Waals surface area contributed by atoms with Crippen molar-refractivity contribution in [2.24, 2.45) is 0 Å². The van der Waals surface area contributed by atoms with Crippen molar-refractivity contribution < 1.29 is 4.79 Å². The molecule has 1 aliphatic rings. The summed E-state index contributed by atoms with van der Waals surface area (Å²) in [6, 6.07) is 2.18. The highest BCUT2D eigenvalue weighted by molar-refractivity contribution is 5.73. The number of hydrogen-bond acceptors (Lipinski definition) is 4. The van der Waals surface area contributed by atoms with Crippen molar-refractivity contribution in [3.63, 3.8) is 0 Å². The van der Waals surface area contributed by atoms with Gasteiger partial charge in [-0.15, -0.1) is 0 Å². The summed E-state index contributed by atoms with van der Waals surface area (Å²) >= 11 is 0. The Morgan fingerprint density at radius 1 is 1.39 bits per heavy atom. The highest BCUT2D eigenvalue weighted by Crippen LogP contribution is 2.17. The lowest BCUT2D eigenvalue weighted by molar-refractivity contribution is -0.119. The first-order valence-corrected chi connectivity index (χ1v) is 6.39. The van der Waals surface area contributed by atoms with Gasteiger partial charge in [-0.3, -0.25) is 4.79 Å². The highest BCUT2D eigenvalue weighted by Gasteiger charge is 2.22. The van der Waals surface area contributed by atoms with Crippen LogP contribution < -0.4 is 10.2 Å². The Morgan fingerprint density at radius 2 is 2.06 bits per heavy atom. The topological polar surface area (TPSA) is 58.1 Å². The van der Waals surface area contributed by atoms with Crippen molar-refractivity contribution in [2.75, 3.05) is 18.0 Å². The molecule has 0 aromatic carbocycles. The SMILES string of the molecule is CC(=O)NC1CCCN(c2nc(C)cc(C)n2)C1. The van der Waals surface area contributed by atoms with E-state index in [0.29, 0.717) is 0 Å². The fourth-order valence-electron chi connectivity index (χ4n) is 2.41. The quantitative estimate of drug-likeness (QED) is 0.854. The van der Waals surface area contributed by atoms with E-state index in [1.165, 1.54) is 0 Å². The van der Waals surface area contributed by atoms with E-state index in [2.05, 4.69) is 20.2 Å². The third-order valence-electron chi connectivity index (χ3n) is 3.08. The fraction of sp³-hybridized carbons (Fsp3) is 0.615. The summed E-state index contributed by atoms with van der Waals surface area (Å²) in [5.74, 6) is 0.811. The molecule has 18 heavy (non-hydrogen) atoms. The summed E-state index contributed by atoms with van der Waals surface area (Å²) in [7, 11) is 0. The normalized spacial score (nSPS) is 19.7. The minimum atomic E-state index is 0.0307. The number of piperidine rings is 1. The maximum Gasteiger partial charge on any atom is 0.225 e. The predicted octanol–water partition coefficient (Wildman–Crippen LogP) is 1.20. The molecule has 2 rings (SSSR count). The number of nitrogens with zero attached hydrogens (tertiary/aromatic N) is 3. The van der Waals surface area contributed by atoms with Crippen LogP contribution in [0.4, 0.5) is 5.95 Å². The second kappa shape index (κ2) is 5.33. The molecule has 5 heteroatoms. The summed E-state index contributed by atoms with van der Waals surface area (Å²) in [6.45, 7) is 7.27. The Balaban J connectivity index is 2.10. The molecule has 0 saturated carbocycles. The molecule has 2 heterocycles. The number of carbonyl (C=O) groups is 1. The van der Waals surface area contributed by atoms with E-state index in [9.17, 15) is 4.79 Å². The van der Waals surface area contributed by atoms with Crippen molar-refractivity contribution in [2.45, 2.75) is 39.7 Å². The second-order valence-electron chi connectivity index (χ2n) is 4.94. The molecule has 1 saturated heterocycles. The Labute approximate surface area is 108 Å². The number of rotatable bonds is 2. The van der Waals surface area contributed by atoms with Gasteiger partial charge in [-0.1, -0.05) is 0 Å². The lowest BCUT2D eigenvalue weighted by Gasteiger charge is -2.33. The van der Waals surface area contributed by atoms with E-state index in [-0.39, 0.29) is 11.9 Å². The molecule has 0 aliphatic carbocycles. The van der Waals surface area contributed by atoms with Crippen LogP contribution in [0.3, 0.4) is 0 Å². The maximum atomic E-state index is 11.1. The average molecular weight is 248 g/mol. The van der Waals surface area contributed by atoms with Crippen LogP contribution in [0.1, 0.15) is 31.2 Å². The number of aromatic nitrogens is 2. The Hall–Kier alpha value is -1.65. The van der Waals surface area contributed by atoms with Crippen molar-refractivity contribution in [1.82, 2.24) is 15.3 Å². The van der Waals surface area contributed by atoms with Crippen LogP contribution >= 0.6 is 0 Å². The smallest absolute Gasteiger partial charge is 0.225 e. The number of aryl methyl sites for hydroxylation is 2. The lowest BCUT2D eigenvalue weighted by atomic mass is 10.1. The lowest BCUT2D eigenvalue weighted by Crippen LogP contribution is -2.47. The van der Waals surface area contributed by atoms with Crippen molar-refractivity contribution in [3.05, 3.63) is 17.5 Å². The third-order valence-corrected chi connectivity index (χ3v) is 3.08. The van der Waals surface area contributed by atoms with Crippen LogP contribution in [0.15, 0.2) is 6.07 Å². The first kappa shape index (κ1) is 12.8. The molecule has 1 aromatic heterocycles. The summed E-state index contributed by atoms with van der Waals surface area (Å²) in [6.07, 6.45) is 2.09. The van der Waals surface area contributed by atoms with Gasteiger partial charge < -0.3 is 10.2 Å². The molecule has 1 amide bonds. The summed E-state index contributed by atoms with van der Waals surface area (Å²) in [5, 5.41) is 2.97. The maximum absolute atomic E-state index is 11.1. The van der Waals surface area contributed by atoms with E-state index in [4.69, 9.17) is 0 Å². The van der Waals surface area contributed by atoms with E-state index >= 15 is 0 Å². The van der Waals surface area contributed by atoms with Gasteiger partial charge in [0.15, 0.2) is 0 Å². The van der Waals surface area contributed by atoms with Gasteiger partial charge in [0.05, 0.1) is 0 Å². The molecule has 1 atom stereocenters. The van der Waals surface area contributed by atoms with Crippen LogP contribution in [0, 0.1) is 13.8 Å². The molecule has 0 radical (unpaired) electrons. The number of hydrogen-bond donors (Lipinski definition) is 1. The van der Waals surface area contributed by atoms with E-state index in [1.54, 1.807) is 6.92 Å². The standard InChI is InChI=1S/C13H20N4O/c1-9-7-10(2)15-13(14-9)17-6-4-5-12(8-17)16-11(3)18/h7,12H,4-6,8H2,1-3H3,(H,16,18). The molecule has 1 aromatic rings. The number of carbonyl (C=O) groups excluding carboxylic acids is 1. The van der Waals surface area contributed by atoms with Gasteiger partial charge in [0.2, 0.25) is 11.9 Å². The largest absolute Gasteiger partial charge is 0.352 e. The molecule has 1 unspecified atom stereocenters. The van der Waals surface area contributed by atoms with Crippen LogP contribution in [-0.4, -0.2) is 35.0 Å². The minimum Gasteiger partial charge on any atom is -0.352 e. The molecule has 1 aliphatic heterocycles. The van der Waals surface area contributed by atoms with Gasteiger partial charge in [-0.2, -0.15) is 0 Å². The first-order valence-electron chi connectivity index (χ1n) is 6.39. The third kappa shape index (κ3) is 3.18. The molecule has 5 nitrogen and oxygen atoms in total. The van der Waals surface area contributed by atoms with Gasteiger partial charge in [-0.05, 0) is 32.8 Å². The zero-order chi connectivity index (χ0) is 13.1. The predicted molar refractivity (Wildman–Crippen MR) is 70.6 cm³/mol. The molecule has 0 bridgehead atoms. The van der Waals surface area contributed by atoms with E-state index < -0.39 is 0 Å². The number of nitrogens with one attached hydrogen (secondary N) is 1. The monoisotopic (exact) mass is 248 g/mol. The molecule has 1 N–H and O–H groups in total. The van der Waals surface area contributed by atoms with Crippen molar-refractivity contribution in [1.29, 1.82) is 0 Å². The van der Waals surface area contributed by atoms with Crippen LogP contribution in [0.5, 0.6) is 0 Å². The van der Waals surface area contributed by atoms with Gasteiger partial charge in [-0.25, -0.2) is 9.97 Å². The van der Waals surface area contributed by atoms with Crippen molar-refractivity contribution >= 4 is 11.9 Å². The zero-order valence-corrected chi connectivity index (χ0v) is 11.2. The summed E-state index contributed by atoms with van der Waals surface area (Å²) < 4.78 is 0. The molecular formula is C13H20N4O. The Kier molecular flexibility index (Phi) is 3.79. The molecule has 0 spiro atoms.